The second-order valence-corrected chi connectivity index (χ2v) is 7.60. The van der Waals surface area contributed by atoms with Crippen LogP contribution in [0.1, 0.15) is 12.8 Å². The third kappa shape index (κ3) is 3.82. The number of piperidine rings is 1. The minimum atomic E-state index is -0.741. The summed E-state index contributed by atoms with van der Waals surface area (Å²) in [5, 5.41) is 6.23. The maximum absolute atomic E-state index is 13.4. The molecule has 1 saturated heterocycles. The van der Waals surface area contributed by atoms with Gasteiger partial charge in [0.1, 0.15) is 11.4 Å². The van der Waals surface area contributed by atoms with E-state index >= 15 is 0 Å². The van der Waals surface area contributed by atoms with Crippen molar-refractivity contribution in [2.75, 3.05) is 48.9 Å². The molecule has 0 saturated carbocycles. The number of nitrogens with one attached hydrogen (secondary N) is 2. The quantitative estimate of drug-likeness (QED) is 0.808. The number of methoxy groups -OCH3 is 1. The van der Waals surface area contributed by atoms with Gasteiger partial charge in [0, 0.05) is 32.4 Å². The predicted octanol–water partition coefficient (Wildman–Crippen LogP) is 3.30. The summed E-state index contributed by atoms with van der Waals surface area (Å²) in [6, 6.07) is 13.1. The van der Waals surface area contributed by atoms with Crippen LogP contribution >= 0.6 is 0 Å². The van der Waals surface area contributed by atoms with Crippen molar-refractivity contribution in [3.05, 3.63) is 54.3 Å². The molecule has 0 radical (unpaired) electrons. The van der Waals surface area contributed by atoms with Gasteiger partial charge in [-0.25, -0.2) is 9.18 Å². The molecule has 30 heavy (non-hydrogen) atoms. The molecule has 2 aromatic carbocycles. The number of ether oxygens (including phenoxy) is 1. The molecule has 1 spiro atoms. The van der Waals surface area contributed by atoms with E-state index in [1.807, 2.05) is 24.3 Å². The second-order valence-electron chi connectivity index (χ2n) is 7.60. The molecule has 7 nitrogen and oxygen atoms in total. The topological polar surface area (TPSA) is 73.9 Å². The number of fused-ring (bicyclic) bond motifs is 1. The Morgan fingerprint density at radius 2 is 1.87 bits per heavy atom. The Labute approximate surface area is 174 Å². The highest BCUT2D eigenvalue weighted by Gasteiger charge is 2.48. The van der Waals surface area contributed by atoms with Gasteiger partial charge < -0.3 is 25.2 Å². The number of rotatable bonds is 4. The molecular formula is C22H25FN4O3. The molecule has 158 valence electrons. The highest BCUT2D eigenvalue weighted by molar-refractivity contribution is 6.08. The molecule has 0 aliphatic carbocycles. The standard InChI is InChI=1S/C22H25FN4O3/c1-30-15-14-27-19-5-3-2-4-18(19)25-22(20(27)28)10-12-26(13-11-22)21(29)24-17-8-6-16(23)7-9-17/h2-9,25H,10-15H2,1H3,(H,24,29). The molecule has 2 N–H and O–H groups in total. The first-order valence-corrected chi connectivity index (χ1v) is 10.0. The van der Waals surface area contributed by atoms with E-state index in [0.717, 1.165) is 11.4 Å². The van der Waals surface area contributed by atoms with Crippen molar-refractivity contribution in [3.8, 4) is 0 Å². The Kier molecular flexibility index (Phi) is 5.59. The van der Waals surface area contributed by atoms with Crippen LogP contribution in [0.2, 0.25) is 0 Å². The van der Waals surface area contributed by atoms with E-state index < -0.39 is 5.54 Å². The third-order valence-electron chi connectivity index (χ3n) is 5.74. The van der Waals surface area contributed by atoms with Crippen LogP contribution in [0.15, 0.2) is 48.5 Å². The minimum Gasteiger partial charge on any atom is -0.383 e. The number of para-hydroxylation sites is 2. The average Bonchev–Trinajstić information content (AvgIpc) is 2.76. The summed E-state index contributed by atoms with van der Waals surface area (Å²) < 4.78 is 18.3. The van der Waals surface area contributed by atoms with E-state index in [1.54, 1.807) is 16.9 Å². The first-order valence-electron chi connectivity index (χ1n) is 10.0. The van der Waals surface area contributed by atoms with E-state index in [2.05, 4.69) is 10.6 Å². The molecule has 2 aromatic rings. The van der Waals surface area contributed by atoms with Crippen LogP contribution in [-0.2, 0) is 9.53 Å². The lowest BCUT2D eigenvalue weighted by Gasteiger charge is -2.47. The molecule has 2 aliphatic rings. The third-order valence-corrected chi connectivity index (χ3v) is 5.74. The summed E-state index contributed by atoms with van der Waals surface area (Å²) in [5.41, 5.74) is 1.56. The van der Waals surface area contributed by atoms with Crippen LogP contribution in [0.5, 0.6) is 0 Å². The second kappa shape index (κ2) is 8.31. The first kappa shape index (κ1) is 20.2. The maximum atomic E-state index is 13.4. The van der Waals surface area contributed by atoms with Gasteiger partial charge in [0.2, 0.25) is 0 Å². The molecule has 8 heteroatoms. The van der Waals surface area contributed by atoms with E-state index in [9.17, 15) is 14.0 Å². The van der Waals surface area contributed by atoms with Crippen LogP contribution in [0.3, 0.4) is 0 Å². The molecule has 2 aliphatic heterocycles. The Morgan fingerprint density at radius 3 is 2.57 bits per heavy atom. The Hall–Kier alpha value is -3.13. The van der Waals surface area contributed by atoms with Crippen molar-refractivity contribution < 1.29 is 18.7 Å². The number of carbonyl (C=O) groups is 2. The van der Waals surface area contributed by atoms with Gasteiger partial charge in [0.15, 0.2) is 0 Å². The van der Waals surface area contributed by atoms with Gasteiger partial charge in [-0.05, 0) is 49.2 Å². The number of carbonyl (C=O) groups excluding carboxylic acids is 2. The van der Waals surface area contributed by atoms with Crippen molar-refractivity contribution >= 4 is 29.0 Å². The number of amides is 3. The van der Waals surface area contributed by atoms with Gasteiger partial charge in [-0.15, -0.1) is 0 Å². The number of hydrogen-bond donors (Lipinski definition) is 2. The fraction of sp³-hybridized carbons (Fsp3) is 0.364. The molecule has 1 fully saturated rings. The number of halogens is 1. The largest absolute Gasteiger partial charge is 0.383 e. The highest BCUT2D eigenvalue weighted by atomic mass is 19.1. The van der Waals surface area contributed by atoms with Crippen molar-refractivity contribution in [1.82, 2.24) is 4.90 Å². The number of hydrogen-bond acceptors (Lipinski definition) is 4. The molecule has 0 atom stereocenters. The van der Waals surface area contributed by atoms with Gasteiger partial charge in [-0.1, -0.05) is 12.1 Å². The SMILES string of the molecule is COCCN1C(=O)C2(CCN(C(=O)Nc3ccc(F)cc3)CC2)Nc2ccccc21. The monoisotopic (exact) mass is 412 g/mol. The average molecular weight is 412 g/mol. The van der Waals surface area contributed by atoms with E-state index in [1.165, 1.54) is 24.3 Å². The Morgan fingerprint density at radius 1 is 1.17 bits per heavy atom. The summed E-state index contributed by atoms with van der Waals surface area (Å²) in [6.07, 6.45) is 1.00. The summed E-state index contributed by atoms with van der Waals surface area (Å²) in [5.74, 6) is -0.343. The first-order chi connectivity index (χ1) is 14.5. The van der Waals surface area contributed by atoms with E-state index in [4.69, 9.17) is 4.74 Å². The maximum Gasteiger partial charge on any atom is 0.321 e. The van der Waals surface area contributed by atoms with Gasteiger partial charge >= 0.3 is 6.03 Å². The Balaban J connectivity index is 1.46. The van der Waals surface area contributed by atoms with Crippen LogP contribution < -0.4 is 15.5 Å². The van der Waals surface area contributed by atoms with Gasteiger partial charge in [-0.2, -0.15) is 0 Å². The molecule has 4 rings (SSSR count). The lowest BCUT2D eigenvalue weighted by molar-refractivity contribution is -0.124. The van der Waals surface area contributed by atoms with Gasteiger partial charge in [0.05, 0.1) is 18.0 Å². The van der Waals surface area contributed by atoms with Crippen molar-refractivity contribution in [2.24, 2.45) is 0 Å². The molecule has 0 bridgehead atoms. The van der Waals surface area contributed by atoms with Crippen molar-refractivity contribution in [2.45, 2.75) is 18.4 Å². The fourth-order valence-electron chi connectivity index (χ4n) is 4.06. The zero-order chi connectivity index (χ0) is 21.1. The Bertz CT molecular complexity index is 926. The molecular weight excluding hydrogens is 387 g/mol. The smallest absolute Gasteiger partial charge is 0.321 e. The van der Waals surface area contributed by atoms with Crippen molar-refractivity contribution in [3.63, 3.8) is 0 Å². The van der Waals surface area contributed by atoms with E-state index in [0.29, 0.717) is 44.8 Å². The number of likely N-dealkylation sites (tertiary alicyclic amines) is 1. The minimum absolute atomic E-state index is 0.0110. The van der Waals surface area contributed by atoms with Crippen LogP contribution in [0.4, 0.5) is 26.2 Å². The molecule has 3 amide bonds. The van der Waals surface area contributed by atoms with Gasteiger partial charge in [0.25, 0.3) is 5.91 Å². The summed E-state index contributed by atoms with van der Waals surface area (Å²) >= 11 is 0. The summed E-state index contributed by atoms with van der Waals surface area (Å²) in [4.78, 5) is 29.5. The van der Waals surface area contributed by atoms with Gasteiger partial charge in [-0.3, -0.25) is 4.79 Å². The number of urea groups is 1. The highest BCUT2D eigenvalue weighted by Crippen LogP contribution is 2.39. The number of benzene rings is 2. The van der Waals surface area contributed by atoms with Crippen LogP contribution in [-0.4, -0.2) is 55.7 Å². The molecule has 0 unspecified atom stereocenters. The zero-order valence-electron chi connectivity index (χ0n) is 16.9. The number of anilines is 3. The fourth-order valence-corrected chi connectivity index (χ4v) is 4.06. The lowest BCUT2D eigenvalue weighted by atomic mass is 9.83. The summed E-state index contributed by atoms with van der Waals surface area (Å²) in [7, 11) is 1.62. The normalized spacial score (nSPS) is 17.5. The summed E-state index contributed by atoms with van der Waals surface area (Å²) in [6.45, 7) is 1.80. The molecule has 0 aromatic heterocycles. The lowest BCUT2D eigenvalue weighted by Crippen LogP contribution is -2.63. The van der Waals surface area contributed by atoms with Crippen molar-refractivity contribution in [1.29, 1.82) is 0 Å². The molecule has 2 heterocycles. The van der Waals surface area contributed by atoms with Crippen LogP contribution in [0, 0.1) is 5.82 Å². The predicted molar refractivity (Wildman–Crippen MR) is 113 cm³/mol. The zero-order valence-corrected chi connectivity index (χ0v) is 16.9. The van der Waals surface area contributed by atoms with E-state index in [-0.39, 0.29) is 17.8 Å². The number of nitrogens with zero attached hydrogens (tertiary/aromatic N) is 2. The van der Waals surface area contributed by atoms with Crippen LogP contribution in [0.25, 0.3) is 0 Å².